The van der Waals surface area contributed by atoms with Gasteiger partial charge in [0.05, 0.1) is 0 Å². The van der Waals surface area contributed by atoms with Gasteiger partial charge in [-0.1, -0.05) is 20.8 Å². The molecule has 1 heterocycles. The van der Waals surface area contributed by atoms with E-state index in [4.69, 9.17) is 0 Å². The lowest BCUT2D eigenvalue weighted by atomic mass is 9.85. The highest BCUT2D eigenvalue weighted by Crippen LogP contribution is 2.31. The Labute approximate surface area is 77.1 Å². The van der Waals surface area contributed by atoms with E-state index in [0.29, 0.717) is 5.41 Å². The van der Waals surface area contributed by atoms with Crippen LogP contribution in [-0.2, 0) is 0 Å². The lowest BCUT2D eigenvalue weighted by molar-refractivity contribution is 0.00302. The Kier molecular flexibility index (Phi) is 2.82. The number of nitrogens with zero attached hydrogens (tertiary/aromatic N) is 1. The van der Waals surface area contributed by atoms with Gasteiger partial charge in [0.15, 0.2) is 0 Å². The molecule has 0 amide bonds. The second-order valence-corrected chi connectivity index (χ2v) is 5.12. The molecular formula is C11H23N. The minimum atomic E-state index is 0.503. The minimum Gasteiger partial charge on any atom is -0.297 e. The highest BCUT2D eigenvalue weighted by Gasteiger charge is 2.34. The predicted octanol–water partition coefficient (Wildman–Crippen LogP) is 2.91. The van der Waals surface area contributed by atoms with E-state index in [1.54, 1.807) is 0 Å². The third-order valence-corrected chi connectivity index (χ3v) is 3.38. The van der Waals surface area contributed by atoms with E-state index >= 15 is 0 Å². The Bertz CT molecular complexity index is 143. The van der Waals surface area contributed by atoms with E-state index < -0.39 is 0 Å². The van der Waals surface area contributed by atoms with Gasteiger partial charge in [-0.15, -0.1) is 0 Å². The van der Waals surface area contributed by atoms with E-state index in [2.05, 4.69) is 39.5 Å². The van der Waals surface area contributed by atoms with Crippen molar-refractivity contribution in [3.8, 4) is 0 Å². The van der Waals surface area contributed by atoms with Crippen LogP contribution in [0.1, 0.15) is 47.5 Å². The quantitative estimate of drug-likeness (QED) is 0.628. The third-order valence-electron chi connectivity index (χ3n) is 3.38. The average molecular weight is 169 g/mol. The maximum atomic E-state index is 2.63. The molecule has 1 aliphatic rings. The van der Waals surface area contributed by atoms with Crippen LogP contribution < -0.4 is 0 Å². The summed E-state index contributed by atoms with van der Waals surface area (Å²) in [6.07, 6.45) is 2.67. The molecule has 2 unspecified atom stereocenters. The second kappa shape index (κ2) is 3.37. The molecule has 0 aromatic rings. The van der Waals surface area contributed by atoms with Gasteiger partial charge in [-0.25, -0.2) is 0 Å². The van der Waals surface area contributed by atoms with Gasteiger partial charge in [0, 0.05) is 18.6 Å². The van der Waals surface area contributed by atoms with Crippen molar-refractivity contribution in [2.45, 2.75) is 59.5 Å². The highest BCUT2D eigenvalue weighted by molar-refractivity contribution is 4.89. The van der Waals surface area contributed by atoms with E-state index in [1.165, 1.54) is 19.4 Å². The van der Waals surface area contributed by atoms with Gasteiger partial charge in [0.1, 0.15) is 0 Å². The molecule has 1 rings (SSSR count). The molecule has 1 saturated heterocycles. The van der Waals surface area contributed by atoms with Crippen LogP contribution in [0.4, 0.5) is 0 Å². The first-order valence-electron chi connectivity index (χ1n) is 5.22. The van der Waals surface area contributed by atoms with Crippen LogP contribution in [0.2, 0.25) is 0 Å². The molecule has 1 aliphatic heterocycles. The van der Waals surface area contributed by atoms with Gasteiger partial charge in [-0.3, -0.25) is 4.90 Å². The fourth-order valence-corrected chi connectivity index (χ4v) is 1.98. The Morgan fingerprint density at radius 2 is 1.75 bits per heavy atom. The fraction of sp³-hybridized carbons (Fsp3) is 1.00. The molecule has 1 nitrogen and oxygen atoms in total. The Morgan fingerprint density at radius 1 is 1.25 bits per heavy atom. The summed E-state index contributed by atoms with van der Waals surface area (Å²) in [7, 11) is 0. The van der Waals surface area contributed by atoms with E-state index in [1.807, 2.05) is 0 Å². The molecule has 72 valence electrons. The van der Waals surface area contributed by atoms with Crippen molar-refractivity contribution in [2.75, 3.05) is 6.54 Å². The fourth-order valence-electron chi connectivity index (χ4n) is 1.98. The SMILES string of the molecule is CCC(C)(C)CN1C(C)CC1C. The summed E-state index contributed by atoms with van der Waals surface area (Å²) in [4.78, 5) is 2.63. The van der Waals surface area contributed by atoms with Gasteiger partial charge >= 0.3 is 0 Å². The van der Waals surface area contributed by atoms with Crippen LogP contribution >= 0.6 is 0 Å². The van der Waals surface area contributed by atoms with Gasteiger partial charge in [-0.05, 0) is 32.1 Å². The number of likely N-dealkylation sites (tertiary alicyclic amines) is 1. The molecule has 2 atom stereocenters. The predicted molar refractivity (Wildman–Crippen MR) is 54.3 cm³/mol. The molecule has 0 saturated carbocycles. The number of rotatable bonds is 3. The molecule has 0 aromatic carbocycles. The van der Waals surface area contributed by atoms with Gasteiger partial charge in [0.2, 0.25) is 0 Å². The Morgan fingerprint density at radius 3 is 2.08 bits per heavy atom. The molecule has 1 heteroatoms. The van der Waals surface area contributed by atoms with Crippen molar-refractivity contribution in [3.05, 3.63) is 0 Å². The summed E-state index contributed by atoms with van der Waals surface area (Å²) in [5, 5.41) is 0. The van der Waals surface area contributed by atoms with Crippen molar-refractivity contribution in [1.29, 1.82) is 0 Å². The molecular weight excluding hydrogens is 146 g/mol. The highest BCUT2D eigenvalue weighted by atomic mass is 15.2. The molecule has 0 aromatic heterocycles. The lowest BCUT2D eigenvalue weighted by Gasteiger charge is -2.49. The summed E-state index contributed by atoms with van der Waals surface area (Å²) in [6, 6.07) is 1.65. The molecule has 0 bridgehead atoms. The molecule has 12 heavy (non-hydrogen) atoms. The molecule has 0 aliphatic carbocycles. The van der Waals surface area contributed by atoms with Gasteiger partial charge in [0.25, 0.3) is 0 Å². The third kappa shape index (κ3) is 2.01. The maximum Gasteiger partial charge on any atom is 0.00847 e. The minimum absolute atomic E-state index is 0.503. The lowest BCUT2D eigenvalue weighted by Crippen LogP contribution is -2.55. The Hall–Kier alpha value is -0.0400. The normalized spacial score (nSPS) is 31.8. The molecule has 0 spiro atoms. The Balaban J connectivity index is 2.40. The molecule has 1 fully saturated rings. The van der Waals surface area contributed by atoms with Crippen molar-refractivity contribution in [3.63, 3.8) is 0 Å². The molecule has 0 radical (unpaired) electrons. The first-order valence-corrected chi connectivity index (χ1v) is 5.22. The van der Waals surface area contributed by atoms with Crippen LogP contribution in [-0.4, -0.2) is 23.5 Å². The van der Waals surface area contributed by atoms with Crippen LogP contribution in [0, 0.1) is 5.41 Å². The van der Waals surface area contributed by atoms with Crippen LogP contribution in [0.15, 0.2) is 0 Å². The van der Waals surface area contributed by atoms with Crippen LogP contribution in [0.3, 0.4) is 0 Å². The zero-order valence-corrected chi connectivity index (χ0v) is 9.22. The van der Waals surface area contributed by atoms with Crippen LogP contribution in [0.5, 0.6) is 0 Å². The van der Waals surface area contributed by atoms with E-state index in [9.17, 15) is 0 Å². The average Bonchev–Trinajstić information content (AvgIpc) is 2.02. The largest absolute Gasteiger partial charge is 0.297 e. The topological polar surface area (TPSA) is 3.24 Å². The van der Waals surface area contributed by atoms with Crippen molar-refractivity contribution >= 4 is 0 Å². The summed E-state index contributed by atoms with van der Waals surface area (Å²) in [6.45, 7) is 13.0. The number of hydrogen-bond donors (Lipinski definition) is 0. The van der Waals surface area contributed by atoms with Crippen LogP contribution in [0.25, 0.3) is 0 Å². The summed E-state index contributed by atoms with van der Waals surface area (Å²) < 4.78 is 0. The second-order valence-electron chi connectivity index (χ2n) is 5.12. The summed E-state index contributed by atoms with van der Waals surface area (Å²) in [5.74, 6) is 0. The van der Waals surface area contributed by atoms with Gasteiger partial charge < -0.3 is 0 Å². The smallest absolute Gasteiger partial charge is 0.00847 e. The van der Waals surface area contributed by atoms with Crippen molar-refractivity contribution in [2.24, 2.45) is 5.41 Å². The van der Waals surface area contributed by atoms with E-state index in [-0.39, 0.29) is 0 Å². The first-order chi connectivity index (χ1) is 5.46. The summed E-state index contributed by atoms with van der Waals surface area (Å²) >= 11 is 0. The maximum absolute atomic E-state index is 2.63. The zero-order valence-electron chi connectivity index (χ0n) is 9.22. The molecule has 0 N–H and O–H groups in total. The van der Waals surface area contributed by atoms with Crippen molar-refractivity contribution in [1.82, 2.24) is 4.90 Å². The van der Waals surface area contributed by atoms with E-state index in [0.717, 1.165) is 12.1 Å². The van der Waals surface area contributed by atoms with Crippen molar-refractivity contribution < 1.29 is 0 Å². The van der Waals surface area contributed by atoms with Gasteiger partial charge in [-0.2, -0.15) is 0 Å². The monoisotopic (exact) mass is 169 g/mol. The first kappa shape index (κ1) is 10.0. The standard InChI is InChI=1S/C11H23N/c1-6-11(4,5)8-12-9(2)7-10(12)3/h9-10H,6-8H2,1-5H3. The zero-order chi connectivity index (χ0) is 9.35. The summed E-state index contributed by atoms with van der Waals surface area (Å²) in [5.41, 5.74) is 0.503. The number of hydrogen-bond acceptors (Lipinski definition) is 1.